The Morgan fingerprint density at radius 3 is 3.11 bits per heavy atom. The lowest BCUT2D eigenvalue weighted by atomic mass is 9.84. The van der Waals surface area contributed by atoms with Gasteiger partial charge in [0.05, 0.1) is 18.2 Å². The molecule has 0 aliphatic carbocycles. The van der Waals surface area contributed by atoms with Gasteiger partial charge in [-0.25, -0.2) is 4.68 Å². The van der Waals surface area contributed by atoms with E-state index in [9.17, 15) is 0 Å². The predicted octanol–water partition coefficient (Wildman–Crippen LogP) is -0.190. The van der Waals surface area contributed by atoms with E-state index in [1.54, 1.807) is 4.68 Å². The summed E-state index contributed by atoms with van der Waals surface area (Å²) in [6, 6.07) is 0.0490. The van der Waals surface area contributed by atoms with Crippen molar-refractivity contribution in [3.8, 4) is 0 Å². The summed E-state index contributed by atoms with van der Waals surface area (Å²) in [5.74, 6) is 0.844. The SMILES string of the molecule is Cn1nnnc1C1NCCOC12CCCOCC2. The fourth-order valence-electron chi connectivity index (χ4n) is 2.91. The van der Waals surface area contributed by atoms with E-state index in [1.807, 2.05) is 7.05 Å². The van der Waals surface area contributed by atoms with E-state index in [1.165, 1.54) is 0 Å². The summed E-state index contributed by atoms with van der Waals surface area (Å²) < 4.78 is 13.4. The van der Waals surface area contributed by atoms with E-state index in [2.05, 4.69) is 20.8 Å². The number of hydrogen-bond acceptors (Lipinski definition) is 6. The zero-order chi connectivity index (χ0) is 12.4. The van der Waals surface area contributed by atoms with Crippen LogP contribution in [0.5, 0.6) is 0 Å². The predicted molar refractivity (Wildman–Crippen MR) is 62.9 cm³/mol. The van der Waals surface area contributed by atoms with Crippen LogP contribution in [0, 0.1) is 0 Å². The van der Waals surface area contributed by atoms with Gasteiger partial charge in [-0.1, -0.05) is 0 Å². The fourth-order valence-corrected chi connectivity index (χ4v) is 2.91. The molecule has 2 fully saturated rings. The first kappa shape index (κ1) is 12.0. The molecule has 1 aromatic heterocycles. The third-order valence-corrected chi connectivity index (χ3v) is 3.84. The molecule has 7 heteroatoms. The molecule has 100 valence electrons. The summed E-state index contributed by atoms with van der Waals surface area (Å²) in [6.45, 7) is 3.13. The van der Waals surface area contributed by atoms with Crippen LogP contribution in [0.15, 0.2) is 0 Å². The molecule has 0 bridgehead atoms. The van der Waals surface area contributed by atoms with Crippen LogP contribution in [-0.2, 0) is 16.5 Å². The molecule has 7 nitrogen and oxygen atoms in total. The number of hydrogen-bond donors (Lipinski definition) is 1. The van der Waals surface area contributed by atoms with E-state index in [4.69, 9.17) is 9.47 Å². The summed E-state index contributed by atoms with van der Waals surface area (Å²) in [4.78, 5) is 0. The third kappa shape index (κ3) is 2.02. The normalized spacial score (nSPS) is 33.5. The van der Waals surface area contributed by atoms with Crippen molar-refractivity contribution >= 4 is 0 Å². The summed E-state index contributed by atoms with van der Waals surface area (Å²) in [7, 11) is 1.87. The maximum atomic E-state index is 6.13. The number of aryl methyl sites for hydroxylation is 1. The Balaban J connectivity index is 1.91. The van der Waals surface area contributed by atoms with Gasteiger partial charge in [0.1, 0.15) is 0 Å². The van der Waals surface area contributed by atoms with Crippen molar-refractivity contribution < 1.29 is 9.47 Å². The average molecular weight is 253 g/mol. The molecular formula is C11H19N5O2. The number of rotatable bonds is 1. The molecule has 2 aliphatic heterocycles. The van der Waals surface area contributed by atoms with Gasteiger partial charge >= 0.3 is 0 Å². The van der Waals surface area contributed by atoms with E-state index in [-0.39, 0.29) is 11.6 Å². The van der Waals surface area contributed by atoms with Crippen molar-refractivity contribution in [2.75, 3.05) is 26.4 Å². The number of aromatic nitrogens is 4. The van der Waals surface area contributed by atoms with Crippen LogP contribution in [-0.4, -0.2) is 52.2 Å². The van der Waals surface area contributed by atoms with Crippen molar-refractivity contribution in [2.24, 2.45) is 7.05 Å². The molecule has 1 N–H and O–H groups in total. The largest absolute Gasteiger partial charge is 0.381 e. The highest BCUT2D eigenvalue weighted by molar-refractivity contribution is 5.06. The summed E-state index contributed by atoms with van der Waals surface area (Å²) >= 11 is 0. The number of nitrogens with one attached hydrogen (secondary N) is 1. The smallest absolute Gasteiger partial charge is 0.170 e. The van der Waals surface area contributed by atoms with Crippen LogP contribution in [0.1, 0.15) is 31.1 Å². The first-order valence-electron chi connectivity index (χ1n) is 6.49. The van der Waals surface area contributed by atoms with Gasteiger partial charge in [-0.2, -0.15) is 0 Å². The van der Waals surface area contributed by atoms with Gasteiger partial charge < -0.3 is 14.8 Å². The van der Waals surface area contributed by atoms with Gasteiger partial charge in [-0.05, 0) is 23.3 Å². The molecule has 2 saturated heterocycles. The lowest BCUT2D eigenvalue weighted by Crippen LogP contribution is -2.53. The Kier molecular flexibility index (Phi) is 3.27. The third-order valence-electron chi connectivity index (χ3n) is 3.84. The number of ether oxygens (including phenoxy) is 2. The number of nitrogens with zero attached hydrogens (tertiary/aromatic N) is 4. The maximum Gasteiger partial charge on any atom is 0.170 e. The minimum absolute atomic E-state index is 0.0490. The van der Waals surface area contributed by atoms with Crippen molar-refractivity contribution in [1.82, 2.24) is 25.5 Å². The molecule has 0 saturated carbocycles. The number of tetrazole rings is 1. The van der Waals surface area contributed by atoms with Gasteiger partial charge in [-0.15, -0.1) is 5.10 Å². The van der Waals surface area contributed by atoms with Crippen LogP contribution < -0.4 is 5.32 Å². The van der Waals surface area contributed by atoms with Crippen molar-refractivity contribution in [1.29, 1.82) is 0 Å². The van der Waals surface area contributed by atoms with Gasteiger partial charge in [-0.3, -0.25) is 0 Å². The van der Waals surface area contributed by atoms with Crippen LogP contribution in [0.4, 0.5) is 0 Å². The zero-order valence-corrected chi connectivity index (χ0v) is 10.6. The molecule has 0 amide bonds. The minimum atomic E-state index is -0.225. The van der Waals surface area contributed by atoms with Gasteiger partial charge in [0, 0.05) is 33.2 Å². The Labute approximate surface area is 106 Å². The Hall–Kier alpha value is -1.05. The second-order valence-electron chi connectivity index (χ2n) is 4.93. The minimum Gasteiger partial charge on any atom is -0.381 e. The molecule has 1 spiro atoms. The fraction of sp³-hybridized carbons (Fsp3) is 0.909. The van der Waals surface area contributed by atoms with Crippen LogP contribution in [0.2, 0.25) is 0 Å². The topological polar surface area (TPSA) is 74.1 Å². The molecular weight excluding hydrogens is 234 g/mol. The lowest BCUT2D eigenvalue weighted by molar-refractivity contribution is -0.111. The van der Waals surface area contributed by atoms with Crippen LogP contribution in [0.25, 0.3) is 0 Å². The van der Waals surface area contributed by atoms with E-state index in [0.29, 0.717) is 0 Å². The summed E-state index contributed by atoms with van der Waals surface area (Å²) in [5, 5.41) is 15.3. The molecule has 0 radical (unpaired) electrons. The van der Waals surface area contributed by atoms with Gasteiger partial charge in [0.15, 0.2) is 5.82 Å². The summed E-state index contributed by atoms with van der Waals surface area (Å²) in [5.41, 5.74) is -0.225. The van der Waals surface area contributed by atoms with E-state index >= 15 is 0 Å². The molecule has 3 rings (SSSR count). The average Bonchev–Trinajstić information content (AvgIpc) is 2.67. The van der Waals surface area contributed by atoms with Crippen molar-refractivity contribution in [3.63, 3.8) is 0 Å². The molecule has 18 heavy (non-hydrogen) atoms. The first-order chi connectivity index (χ1) is 8.82. The van der Waals surface area contributed by atoms with Crippen molar-refractivity contribution in [2.45, 2.75) is 30.9 Å². The Bertz CT molecular complexity index is 400. The second-order valence-corrected chi connectivity index (χ2v) is 4.93. The van der Waals surface area contributed by atoms with Gasteiger partial charge in [0.2, 0.25) is 0 Å². The van der Waals surface area contributed by atoms with Crippen molar-refractivity contribution in [3.05, 3.63) is 5.82 Å². The summed E-state index contributed by atoms with van der Waals surface area (Å²) in [6.07, 6.45) is 2.89. The highest BCUT2D eigenvalue weighted by Gasteiger charge is 2.45. The monoisotopic (exact) mass is 253 g/mol. The molecule has 2 aliphatic rings. The Morgan fingerprint density at radius 1 is 1.33 bits per heavy atom. The van der Waals surface area contributed by atoms with Gasteiger partial charge in [0.25, 0.3) is 0 Å². The molecule has 2 unspecified atom stereocenters. The van der Waals surface area contributed by atoms with E-state index < -0.39 is 0 Å². The van der Waals surface area contributed by atoms with E-state index in [0.717, 1.165) is 51.5 Å². The molecule has 0 aromatic carbocycles. The lowest BCUT2D eigenvalue weighted by Gasteiger charge is -2.43. The maximum absolute atomic E-state index is 6.13. The molecule has 1 aromatic rings. The van der Waals surface area contributed by atoms with Crippen LogP contribution in [0.3, 0.4) is 0 Å². The highest BCUT2D eigenvalue weighted by Crippen LogP contribution is 2.38. The molecule has 2 atom stereocenters. The second kappa shape index (κ2) is 4.91. The van der Waals surface area contributed by atoms with Crippen LogP contribution >= 0.6 is 0 Å². The standard InChI is InChI=1S/C11H19N5O2/c1-16-10(13-14-15-16)9-11(18-8-5-12-9)3-2-6-17-7-4-11/h9,12H,2-8H2,1H3. The quantitative estimate of drug-likeness (QED) is 0.748. The highest BCUT2D eigenvalue weighted by atomic mass is 16.5. The number of morpholine rings is 1. The Morgan fingerprint density at radius 2 is 2.28 bits per heavy atom. The zero-order valence-electron chi connectivity index (χ0n) is 10.6. The first-order valence-corrected chi connectivity index (χ1v) is 6.49. The molecule has 3 heterocycles.